The SMILES string of the molecule is Cc1cccc(C)c1-c1cc2nc(n1)NS(=O)(=O)c1cccc(c1)C(=O)N(C1CC(OC(F)(F)F)C1)[C@H](CC1(C(F)(F)F)CC1)CO2. The maximum Gasteiger partial charge on any atom is 0.522 e. The Labute approximate surface area is 266 Å². The number of hydrogen-bond donors (Lipinski definition) is 1. The molecule has 2 aliphatic carbocycles. The number of aromatic nitrogens is 2. The van der Waals surface area contributed by atoms with Crippen molar-refractivity contribution in [3.63, 3.8) is 0 Å². The maximum atomic E-state index is 14.3. The molecule has 2 saturated carbocycles. The summed E-state index contributed by atoms with van der Waals surface area (Å²) in [6, 6.07) is 9.53. The number of anilines is 1. The fourth-order valence-corrected chi connectivity index (χ4v) is 7.31. The third kappa shape index (κ3) is 6.75. The zero-order valence-corrected chi connectivity index (χ0v) is 26.0. The monoisotopic (exact) mass is 684 g/mol. The normalized spacial score (nSPS) is 23.7. The second-order valence-electron chi connectivity index (χ2n) is 12.3. The Kier molecular flexibility index (Phi) is 8.18. The molecule has 0 unspecified atom stereocenters. The van der Waals surface area contributed by atoms with Crippen LogP contribution in [0.3, 0.4) is 0 Å². The van der Waals surface area contributed by atoms with Crippen molar-refractivity contribution in [2.75, 3.05) is 11.3 Å². The van der Waals surface area contributed by atoms with Gasteiger partial charge in [-0.1, -0.05) is 24.3 Å². The fraction of sp³-hybridized carbons (Fsp3) is 0.452. The highest BCUT2D eigenvalue weighted by molar-refractivity contribution is 7.92. The van der Waals surface area contributed by atoms with Gasteiger partial charge < -0.3 is 9.64 Å². The number of nitrogens with zero attached hydrogens (tertiary/aromatic N) is 3. The molecule has 1 aliphatic heterocycles. The van der Waals surface area contributed by atoms with Crippen molar-refractivity contribution < 1.29 is 49.0 Å². The lowest BCUT2D eigenvalue weighted by Crippen LogP contribution is -2.57. The Morgan fingerprint density at radius 1 is 1.00 bits per heavy atom. The van der Waals surface area contributed by atoms with Gasteiger partial charge in [0.1, 0.15) is 6.61 Å². The molecular weight excluding hydrogens is 654 g/mol. The summed E-state index contributed by atoms with van der Waals surface area (Å²) in [6.07, 6.45) is -12.4. The Morgan fingerprint density at radius 3 is 2.28 bits per heavy atom. The predicted octanol–water partition coefficient (Wildman–Crippen LogP) is 6.56. The molecule has 2 fully saturated rings. The minimum Gasteiger partial charge on any atom is -0.475 e. The second-order valence-corrected chi connectivity index (χ2v) is 14.0. The van der Waals surface area contributed by atoms with E-state index < -0.39 is 65.1 Å². The van der Waals surface area contributed by atoms with Gasteiger partial charge in [-0.05, 0) is 75.3 Å². The summed E-state index contributed by atoms with van der Waals surface area (Å²) >= 11 is 0. The summed E-state index contributed by atoms with van der Waals surface area (Å²) < 4.78 is 121. The maximum absolute atomic E-state index is 14.3. The summed E-state index contributed by atoms with van der Waals surface area (Å²) in [6.45, 7) is 3.13. The molecule has 3 aromatic rings. The Balaban J connectivity index is 1.47. The van der Waals surface area contributed by atoms with Crippen LogP contribution in [0.2, 0.25) is 0 Å². The first-order valence-corrected chi connectivity index (χ1v) is 16.3. The average Bonchev–Trinajstić information content (AvgIpc) is 3.74. The molecule has 252 valence electrons. The number of halogens is 6. The molecule has 2 aromatic carbocycles. The molecule has 6 rings (SSSR count). The van der Waals surface area contributed by atoms with Crippen molar-refractivity contribution >= 4 is 21.9 Å². The zero-order chi connectivity index (χ0) is 33.9. The lowest BCUT2D eigenvalue weighted by atomic mass is 9.84. The van der Waals surface area contributed by atoms with Gasteiger partial charge in [0.2, 0.25) is 11.8 Å². The highest BCUT2D eigenvalue weighted by Gasteiger charge is 2.64. The number of sulfonamides is 1. The van der Waals surface area contributed by atoms with Crippen LogP contribution in [0.1, 0.15) is 53.6 Å². The number of carbonyl (C=O) groups is 1. The standard InChI is InChI=1S/C31H30F6N4O5S/c1-17-5-3-6-18(2)26(17)24-14-25-39-28(38-24)40-47(43,44)23-8-4-7-19(11-23)27(42)41(20-12-22(13-20)46-31(35,36)37)21(16-45-25)15-29(9-10-29)30(32,33)34/h3-8,11,14,20-22H,9-10,12-13,15-16H2,1-2H3,(H,38,39,40)/t20?,21-,22?/m1/s1. The van der Waals surface area contributed by atoms with E-state index >= 15 is 0 Å². The van der Waals surface area contributed by atoms with Gasteiger partial charge in [0, 0.05) is 23.2 Å². The quantitative estimate of drug-likeness (QED) is 0.303. The fourth-order valence-electron chi connectivity index (χ4n) is 6.32. The van der Waals surface area contributed by atoms with Crippen molar-refractivity contribution in [2.45, 2.75) is 81.6 Å². The van der Waals surface area contributed by atoms with Crippen LogP contribution in [-0.2, 0) is 14.8 Å². The van der Waals surface area contributed by atoms with Crippen molar-refractivity contribution in [1.82, 2.24) is 14.9 Å². The van der Waals surface area contributed by atoms with E-state index in [1.807, 2.05) is 32.0 Å². The minimum absolute atomic E-state index is 0.178. The summed E-state index contributed by atoms with van der Waals surface area (Å²) in [5, 5.41) is 0. The number of carbonyl (C=O) groups excluding carboxylic acids is 1. The van der Waals surface area contributed by atoms with E-state index in [0.29, 0.717) is 5.56 Å². The van der Waals surface area contributed by atoms with Crippen LogP contribution >= 0.6 is 0 Å². The van der Waals surface area contributed by atoms with E-state index in [0.717, 1.165) is 22.1 Å². The first-order valence-electron chi connectivity index (χ1n) is 14.8. The largest absolute Gasteiger partial charge is 0.522 e. The molecule has 1 aromatic heterocycles. The summed E-state index contributed by atoms with van der Waals surface area (Å²) in [5.74, 6) is -1.40. The van der Waals surface area contributed by atoms with Crippen LogP contribution in [0.15, 0.2) is 53.4 Å². The van der Waals surface area contributed by atoms with Crippen LogP contribution < -0.4 is 9.46 Å². The molecule has 16 heteroatoms. The highest BCUT2D eigenvalue weighted by atomic mass is 32.2. The van der Waals surface area contributed by atoms with Crippen molar-refractivity contribution in [1.29, 1.82) is 0 Å². The van der Waals surface area contributed by atoms with Crippen LogP contribution in [0.5, 0.6) is 5.88 Å². The van der Waals surface area contributed by atoms with Gasteiger partial charge in [0.05, 0.1) is 28.2 Å². The lowest BCUT2D eigenvalue weighted by Gasteiger charge is -2.46. The number of rotatable bonds is 5. The molecule has 47 heavy (non-hydrogen) atoms. The second kappa shape index (κ2) is 11.6. The Hall–Kier alpha value is -3.92. The summed E-state index contributed by atoms with van der Waals surface area (Å²) in [4.78, 5) is 23.4. The molecular formula is C31H30F6N4O5S. The van der Waals surface area contributed by atoms with Gasteiger partial charge in [-0.25, -0.2) is 18.1 Å². The zero-order valence-electron chi connectivity index (χ0n) is 25.2. The molecule has 0 saturated heterocycles. The van der Waals surface area contributed by atoms with Crippen LogP contribution in [0.25, 0.3) is 11.3 Å². The summed E-state index contributed by atoms with van der Waals surface area (Å²) in [7, 11) is -4.41. The third-order valence-electron chi connectivity index (χ3n) is 8.95. The Morgan fingerprint density at radius 2 is 1.66 bits per heavy atom. The Bertz CT molecular complexity index is 1790. The molecule has 0 radical (unpaired) electrons. The van der Waals surface area contributed by atoms with Crippen LogP contribution in [-0.4, -0.2) is 66.5 Å². The van der Waals surface area contributed by atoms with Crippen LogP contribution in [0, 0.1) is 19.3 Å². The van der Waals surface area contributed by atoms with Crippen LogP contribution in [0.4, 0.5) is 32.3 Å². The van der Waals surface area contributed by atoms with E-state index in [4.69, 9.17) is 4.74 Å². The van der Waals surface area contributed by atoms with Gasteiger partial charge >= 0.3 is 12.5 Å². The predicted molar refractivity (Wildman–Crippen MR) is 156 cm³/mol. The van der Waals surface area contributed by atoms with Gasteiger partial charge in [0.15, 0.2) is 0 Å². The number of fused-ring (bicyclic) bond motifs is 4. The minimum atomic E-state index is -4.94. The van der Waals surface area contributed by atoms with Gasteiger partial charge in [-0.2, -0.15) is 18.2 Å². The molecule has 1 amide bonds. The molecule has 0 spiro atoms. The van der Waals surface area contributed by atoms with E-state index in [2.05, 4.69) is 19.4 Å². The molecule has 1 atom stereocenters. The topological polar surface area (TPSA) is 111 Å². The van der Waals surface area contributed by atoms with Gasteiger partial charge in [-0.15, -0.1) is 13.2 Å². The molecule has 2 heterocycles. The number of ether oxygens (including phenoxy) is 2. The molecule has 4 bridgehead atoms. The average molecular weight is 685 g/mol. The van der Waals surface area contributed by atoms with Crippen molar-refractivity contribution in [3.05, 3.63) is 65.2 Å². The summed E-state index contributed by atoms with van der Waals surface area (Å²) in [5.41, 5.74) is 0.218. The number of alkyl halides is 6. The van der Waals surface area contributed by atoms with E-state index in [9.17, 15) is 39.6 Å². The van der Waals surface area contributed by atoms with E-state index in [1.165, 1.54) is 24.3 Å². The number of aryl methyl sites for hydroxylation is 2. The van der Waals surface area contributed by atoms with E-state index in [-0.39, 0.29) is 53.7 Å². The first kappa shape index (κ1) is 33.0. The smallest absolute Gasteiger partial charge is 0.475 e. The van der Waals surface area contributed by atoms with Crippen molar-refractivity contribution in [3.8, 4) is 17.1 Å². The molecule has 9 nitrogen and oxygen atoms in total. The first-order chi connectivity index (χ1) is 21.9. The van der Waals surface area contributed by atoms with Gasteiger partial charge in [0.25, 0.3) is 15.9 Å². The number of nitrogens with one attached hydrogen (secondary N) is 1. The third-order valence-corrected chi connectivity index (χ3v) is 10.3. The van der Waals surface area contributed by atoms with E-state index in [1.54, 1.807) is 0 Å². The van der Waals surface area contributed by atoms with Crippen molar-refractivity contribution in [2.24, 2.45) is 5.41 Å². The highest BCUT2D eigenvalue weighted by Crippen LogP contribution is 2.61. The van der Waals surface area contributed by atoms with Gasteiger partial charge in [-0.3, -0.25) is 9.53 Å². The molecule has 1 N–H and O–H groups in total. The lowest BCUT2D eigenvalue weighted by molar-refractivity contribution is -0.353. The number of hydrogen-bond acceptors (Lipinski definition) is 7. The number of amides is 1. The molecule has 3 aliphatic rings. The number of benzene rings is 2.